The van der Waals surface area contributed by atoms with Crippen molar-refractivity contribution in [3.05, 3.63) is 65.2 Å². The first-order valence-corrected chi connectivity index (χ1v) is 11.9. The number of ketones is 1. The van der Waals surface area contributed by atoms with Crippen LogP contribution in [0.25, 0.3) is 11.1 Å². The molecule has 1 atom stereocenters. The molecule has 1 aliphatic carbocycles. The van der Waals surface area contributed by atoms with Gasteiger partial charge in [-0.25, -0.2) is 17.2 Å². The van der Waals surface area contributed by atoms with Gasteiger partial charge in [0.15, 0.2) is 15.6 Å². The molecule has 0 aliphatic heterocycles. The van der Waals surface area contributed by atoms with Gasteiger partial charge in [-0.1, -0.05) is 12.1 Å². The van der Waals surface area contributed by atoms with E-state index in [4.69, 9.17) is 10.2 Å². The molecule has 1 aliphatic rings. The molecule has 0 bridgehead atoms. The summed E-state index contributed by atoms with van der Waals surface area (Å²) >= 11 is 0. The maximum absolute atomic E-state index is 13.5. The van der Waals surface area contributed by atoms with E-state index in [9.17, 15) is 31.6 Å². The molecule has 0 radical (unpaired) electrons. The van der Waals surface area contributed by atoms with Crippen LogP contribution in [0.1, 0.15) is 30.4 Å². The number of hydrogen-bond donors (Lipinski definition) is 3. The van der Waals surface area contributed by atoms with Crippen molar-refractivity contribution in [1.82, 2.24) is 5.32 Å². The first-order chi connectivity index (χ1) is 15.8. The lowest BCUT2D eigenvalue weighted by molar-refractivity contribution is -0.145. The fourth-order valence-corrected chi connectivity index (χ4v) is 4.00. The molecule has 182 valence electrons. The molecule has 0 saturated heterocycles. The second-order valence-electron chi connectivity index (χ2n) is 7.51. The lowest BCUT2D eigenvalue weighted by atomic mass is 9.96. The third-order valence-corrected chi connectivity index (χ3v) is 6.12. The molecule has 0 unspecified atom stereocenters. The third-order valence-electron chi connectivity index (χ3n) is 4.99. The average Bonchev–Trinajstić information content (AvgIpc) is 3.12. The van der Waals surface area contributed by atoms with Crippen LogP contribution >= 0.6 is 0 Å². The van der Waals surface area contributed by atoms with E-state index in [0.29, 0.717) is 23.1 Å². The Balaban J connectivity index is 0.000000347. The number of carboxylic acids is 2. The largest absolute Gasteiger partial charge is 0.481 e. The Bertz CT molecular complexity index is 1220. The molecule has 0 fully saturated rings. The van der Waals surface area contributed by atoms with Crippen molar-refractivity contribution in [3.63, 3.8) is 0 Å². The highest BCUT2D eigenvalue weighted by Crippen LogP contribution is 2.38. The number of sulfone groups is 1. The monoisotopic (exact) mass is 495 g/mol. The van der Waals surface area contributed by atoms with Crippen molar-refractivity contribution >= 4 is 38.7 Å². The number of aliphatic carboxylic acids is 2. The lowest BCUT2D eigenvalue weighted by Crippen LogP contribution is -2.35. The van der Waals surface area contributed by atoms with Gasteiger partial charge in [0.05, 0.1) is 11.3 Å². The summed E-state index contributed by atoms with van der Waals surface area (Å²) in [6.45, 7) is 0. The summed E-state index contributed by atoms with van der Waals surface area (Å²) in [6, 6.07) is 8.18. The van der Waals surface area contributed by atoms with Crippen LogP contribution in [0, 0.1) is 11.6 Å². The Hall–Kier alpha value is -3.44. The number of nitrogens with one attached hydrogen (secondary N) is 1. The summed E-state index contributed by atoms with van der Waals surface area (Å²) in [4.78, 5) is 32.5. The van der Waals surface area contributed by atoms with Gasteiger partial charge in [-0.2, -0.15) is 0 Å². The number of likely N-dealkylation sites (N-methyl/N-ethyl adjacent to an activating group) is 1. The molecule has 0 spiro atoms. The summed E-state index contributed by atoms with van der Waals surface area (Å²) in [5.41, 5.74) is 1.84. The fourth-order valence-electron chi connectivity index (χ4n) is 3.37. The molecule has 0 aromatic heterocycles. The minimum Gasteiger partial charge on any atom is -0.481 e. The Morgan fingerprint density at radius 3 is 1.97 bits per heavy atom. The van der Waals surface area contributed by atoms with E-state index >= 15 is 0 Å². The highest BCUT2D eigenvalue weighted by atomic mass is 32.2. The van der Waals surface area contributed by atoms with Crippen LogP contribution in [-0.4, -0.2) is 55.7 Å². The van der Waals surface area contributed by atoms with Crippen LogP contribution in [-0.2, 0) is 24.2 Å². The predicted molar refractivity (Wildman–Crippen MR) is 120 cm³/mol. The molecular weight excluding hydrogens is 472 g/mol. The summed E-state index contributed by atoms with van der Waals surface area (Å²) in [6.07, 6.45) is 1.42. The molecule has 34 heavy (non-hydrogen) atoms. The normalized spacial score (nSPS) is 14.4. The standard InChI is InChI=1S/C18H14F2O3S.C5H9NO4/c1-24(22,23)15-4-2-11(3-5-15)16-6-7-17(21)18(16)12-8-13(19)10-14(20)9-12;1-6-3(5(9)10)2-4(7)8/h2-5,8-10H,6-7H2,1H3;3,6H,2H2,1H3,(H,7,8)(H,9,10)/t;3-/m.1/s1. The summed E-state index contributed by atoms with van der Waals surface area (Å²) in [7, 11) is -1.91. The molecule has 0 heterocycles. The van der Waals surface area contributed by atoms with E-state index in [1.54, 1.807) is 12.1 Å². The molecule has 3 N–H and O–H groups in total. The highest BCUT2D eigenvalue weighted by Gasteiger charge is 2.26. The number of benzene rings is 2. The Morgan fingerprint density at radius 2 is 1.56 bits per heavy atom. The van der Waals surface area contributed by atoms with E-state index in [1.807, 2.05) is 0 Å². The van der Waals surface area contributed by atoms with Crippen molar-refractivity contribution < 1.29 is 41.8 Å². The average molecular weight is 496 g/mol. The highest BCUT2D eigenvalue weighted by molar-refractivity contribution is 7.90. The Labute approximate surface area is 194 Å². The van der Waals surface area contributed by atoms with Crippen LogP contribution in [0.2, 0.25) is 0 Å². The molecule has 0 saturated carbocycles. The van der Waals surface area contributed by atoms with Gasteiger partial charge in [-0.15, -0.1) is 0 Å². The van der Waals surface area contributed by atoms with Crippen LogP contribution in [0.15, 0.2) is 47.4 Å². The van der Waals surface area contributed by atoms with E-state index in [-0.39, 0.29) is 22.7 Å². The van der Waals surface area contributed by atoms with Gasteiger partial charge in [-0.05, 0) is 54.4 Å². The number of rotatable bonds is 7. The lowest BCUT2D eigenvalue weighted by Gasteiger charge is -2.09. The molecule has 11 heteroatoms. The Kier molecular flexibility index (Phi) is 8.77. The Morgan fingerprint density at radius 1 is 1.00 bits per heavy atom. The molecule has 8 nitrogen and oxygen atoms in total. The SMILES string of the molecule is CN[C@H](CC(=O)O)C(=O)O.CS(=O)(=O)c1ccc(C2=C(c3cc(F)cc(F)c3)C(=O)CC2)cc1. The van der Waals surface area contributed by atoms with E-state index in [0.717, 1.165) is 24.5 Å². The van der Waals surface area contributed by atoms with E-state index in [2.05, 4.69) is 5.32 Å². The predicted octanol–water partition coefficient (Wildman–Crippen LogP) is 2.78. The van der Waals surface area contributed by atoms with E-state index in [1.165, 1.54) is 19.2 Å². The third kappa shape index (κ3) is 7.03. The smallest absolute Gasteiger partial charge is 0.321 e. The number of carbonyl (C=O) groups is 3. The van der Waals surface area contributed by atoms with Gasteiger partial charge in [0, 0.05) is 24.3 Å². The number of halogens is 2. The minimum absolute atomic E-state index is 0.175. The molecule has 2 aromatic rings. The van der Waals surface area contributed by atoms with Crippen molar-refractivity contribution in [2.24, 2.45) is 0 Å². The molecular formula is C23H23F2NO7S. The van der Waals surface area contributed by atoms with Gasteiger partial charge < -0.3 is 15.5 Å². The summed E-state index contributed by atoms with van der Waals surface area (Å²) < 4.78 is 50.0. The van der Waals surface area contributed by atoms with Crippen LogP contribution in [0.5, 0.6) is 0 Å². The zero-order chi connectivity index (χ0) is 25.6. The van der Waals surface area contributed by atoms with Gasteiger partial charge in [0.2, 0.25) is 0 Å². The zero-order valence-electron chi connectivity index (χ0n) is 18.3. The van der Waals surface area contributed by atoms with Gasteiger partial charge >= 0.3 is 11.9 Å². The summed E-state index contributed by atoms with van der Waals surface area (Å²) in [5, 5.41) is 18.8. The first kappa shape index (κ1) is 26.8. The maximum Gasteiger partial charge on any atom is 0.321 e. The number of Topliss-reactive ketones (excluding diaryl/α,β-unsaturated/α-hetero) is 1. The van der Waals surface area contributed by atoms with Crippen LogP contribution < -0.4 is 5.32 Å². The topological polar surface area (TPSA) is 138 Å². The van der Waals surface area contributed by atoms with Gasteiger partial charge in [0.25, 0.3) is 0 Å². The van der Waals surface area contributed by atoms with Crippen LogP contribution in [0.3, 0.4) is 0 Å². The second-order valence-corrected chi connectivity index (χ2v) is 9.52. The van der Waals surface area contributed by atoms with Crippen molar-refractivity contribution in [1.29, 1.82) is 0 Å². The first-order valence-electron chi connectivity index (χ1n) is 9.98. The molecule has 2 aromatic carbocycles. The van der Waals surface area contributed by atoms with Crippen molar-refractivity contribution in [2.45, 2.75) is 30.2 Å². The summed E-state index contributed by atoms with van der Waals surface area (Å²) in [5.74, 6) is -3.94. The number of allylic oxidation sites excluding steroid dienone is 2. The zero-order valence-corrected chi connectivity index (χ0v) is 19.2. The number of carboxylic acid groups (broad SMARTS) is 2. The fraction of sp³-hybridized carbons (Fsp3) is 0.261. The van der Waals surface area contributed by atoms with Crippen molar-refractivity contribution in [3.8, 4) is 0 Å². The van der Waals surface area contributed by atoms with Gasteiger partial charge in [-0.3, -0.25) is 14.4 Å². The molecule has 3 rings (SSSR count). The van der Waals surface area contributed by atoms with Gasteiger partial charge in [0.1, 0.15) is 17.7 Å². The van der Waals surface area contributed by atoms with Crippen LogP contribution in [0.4, 0.5) is 8.78 Å². The van der Waals surface area contributed by atoms with E-state index < -0.39 is 45.9 Å². The van der Waals surface area contributed by atoms with Crippen molar-refractivity contribution in [2.75, 3.05) is 13.3 Å². The minimum atomic E-state index is -3.31. The number of carbonyl (C=O) groups excluding carboxylic acids is 1. The second kappa shape index (κ2) is 11.1. The maximum atomic E-state index is 13.5. The number of hydrogen-bond acceptors (Lipinski definition) is 6. The quantitative estimate of drug-likeness (QED) is 0.533. The molecule has 0 amide bonds.